The summed E-state index contributed by atoms with van der Waals surface area (Å²) in [5.74, 6) is -1.49. The lowest BCUT2D eigenvalue weighted by Gasteiger charge is -2.21. The number of nitro benzene ring substituents is 1. The van der Waals surface area contributed by atoms with Crippen LogP contribution in [0, 0.1) is 10.1 Å². The van der Waals surface area contributed by atoms with Gasteiger partial charge in [0.05, 0.1) is 11.3 Å². The van der Waals surface area contributed by atoms with Gasteiger partial charge in [-0.3, -0.25) is 24.5 Å². The van der Waals surface area contributed by atoms with E-state index in [0.717, 1.165) is 0 Å². The molecule has 152 valence electrons. The molecular formula is C20H21N3O6. The number of rotatable bonds is 8. The molecular weight excluding hydrogens is 378 g/mol. The summed E-state index contributed by atoms with van der Waals surface area (Å²) in [7, 11) is 3.13. The van der Waals surface area contributed by atoms with Crippen molar-refractivity contribution in [1.82, 2.24) is 10.2 Å². The normalized spacial score (nSPS) is 11.2. The quantitative estimate of drug-likeness (QED) is 0.412. The lowest BCUT2D eigenvalue weighted by atomic mass is 10.1. The number of hydrogen-bond donors (Lipinski definition) is 1. The van der Waals surface area contributed by atoms with E-state index in [1.165, 1.54) is 29.2 Å². The standard InChI is InChI=1S/C20H21N3O6/c1-22(2)20(26)18(14-6-4-3-5-7-14)29-17(24)12-13-21-19(25)15-8-10-16(11-9-15)23(27)28/h3-11,18H,12-13H2,1-2H3,(H,21,25)/t18-/m1/s1. The molecule has 0 radical (unpaired) electrons. The van der Waals surface area contributed by atoms with Crippen LogP contribution in [0.1, 0.15) is 28.4 Å². The van der Waals surface area contributed by atoms with E-state index in [1.807, 2.05) is 0 Å². The Morgan fingerprint density at radius 1 is 1.07 bits per heavy atom. The number of non-ortho nitro benzene ring substituents is 1. The van der Waals surface area contributed by atoms with Gasteiger partial charge in [-0.15, -0.1) is 0 Å². The Kier molecular flexibility index (Phi) is 7.41. The number of carbonyl (C=O) groups excluding carboxylic acids is 3. The van der Waals surface area contributed by atoms with Crippen LogP contribution in [-0.2, 0) is 14.3 Å². The first kappa shape index (κ1) is 21.5. The van der Waals surface area contributed by atoms with Gasteiger partial charge in [-0.25, -0.2) is 0 Å². The summed E-state index contributed by atoms with van der Waals surface area (Å²) in [6, 6.07) is 13.7. The van der Waals surface area contributed by atoms with E-state index in [2.05, 4.69) is 5.32 Å². The fraction of sp³-hybridized carbons (Fsp3) is 0.250. The van der Waals surface area contributed by atoms with Crippen molar-refractivity contribution >= 4 is 23.5 Å². The first-order valence-electron chi connectivity index (χ1n) is 8.78. The highest BCUT2D eigenvalue weighted by molar-refractivity contribution is 5.94. The van der Waals surface area contributed by atoms with Crippen molar-refractivity contribution in [3.8, 4) is 0 Å². The fourth-order valence-electron chi connectivity index (χ4n) is 2.43. The summed E-state index contributed by atoms with van der Waals surface area (Å²) < 4.78 is 5.33. The van der Waals surface area contributed by atoms with Crippen LogP contribution in [0.15, 0.2) is 54.6 Å². The van der Waals surface area contributed by atoms with Crippen molar-refractivity contribution in [2.24, 2.45) is 0 Å². The Labute approximate surface area is 167 Å². The van der Waals surface area contributed by atoms with Crippen LogP contribution in [0.4, 0.5) is 5.69 Å². The number of esters is 1. The van der Waals surface area contributed by atoms with Gasteiger partial charge in [0.2, 0.25) is 6.10 Å². The minimum absolute atomic E-state index is 0.00762. The SMILES string of the molecule is CN(C)C(=O)[C@H](OC(=O)CCNC(=O)c1ccc([N+](=O)[O-])cc1)c1ccccc1. The number of amides is 2. The van der Waals surface area contributed by atoms with Gasteiger partial charge in [0.15, 0.2) is 0 Å². The molecule has 0 aliphatic carbocycles. The summed E-state index contributed by atoms with van der Waals surface area (Å²) >= 11 is 0. The number of ether oxygens (including phenoxy) is 1. The molecule has 1 atom stereocenters. The van der Waals surface area contributed by atoms with Crippen LogP contribution in [0.25, 0.3) is 0 Å². The molecule has 2 rings (SSSR count). The van der Waals surface area contributed by atoms with Crippen LogP contribution < -0.4 is 5.32 Å². The average Bonchev–Trinajstić information content (AvgIpc) is 2.72. The number of likely N-dealkylation sites (N-methyl/N-ethyl adjacent to an activating group) is 1. The molecule has 29 heavy (non-hydrogen) atoms. The van der Waals surface area contributed by atoms with E-state index in [-0.39, 0.29) is 30.1 Å². The van der Waals surface area contributed by atoms with Gasteiger partial charge in [-0.1, -0.05) is 30.3 Å². The molecule has 2 amide bonds. The summed E-state index contributed by atoms with van der Waals surface area (Å²) in [5, 5.41) is 13.2. The maximum atomic E-state index is 12.4. The average molecular weight is 399 g/mol. The van der Waals surface area contributed by atoms with Crippen LogP contribution >= 0.6 is 0 Å². The van der Waals surface area contributed by atoms with Crippen molar-refractivity contribution in [1.29, 1.82) is 0 Å². The number of hydrogen-bond acceptors (Lipinski definition) is 6. The zero-order valence-electron chi connectivity index (χ0n) is 16.0. The maximum Gasteiger partial charge on any atom is 0.308 e. The van der Waals surface area contributed by atoms with Crippen molar-refractivity contribution in [2.45, 2.75) is 12.5 Å². The Morgan fingerprint density at radius 2 is 1.69 bits per heavy atom. The molecule has 0 saturated carbocycles. The molecule has 0 aliphatic heterocycles. The molecule has 9 nitrogen and oxygen atoms in total. The van der Waals surface area contributed by atoms with Crippen molar-refractivity contribution < 1.29 is 24.0 Å². The van der Waals surface area contributed by atoms with E-state index in [9.17, 15) is 24.5 Å². The van der Waals surface area contributed by atoms with E-state index in [1.54, 1.807) is 44.4 Å². The molecule has 2 aromatic carbocycles. The molecule has 0 spiro atoms. The van der Waals surface area contributed by atoms with Gasteiger partial charge in [0.25, 0.3) is 17.5 Å². The number of carbonyl (C=O) groups is 3. The van der Waals surface area contributed by atoms with E-state index in [4.69, 9.17) is 4.74 Å². The summed E-state index contributed by atoms with van der Waals surface area (Å²) in [5.41, 5.74) is 0.658. The first-order chi connectivity index (χ1) is 13.8. The Morgan fingerprint density at radius 3 is 2.24 bits per heavy atom. The highest BCUT2D eigenvalue weighted by Crippen LogP contribution is 2.20. The molecule has 0 aliphatic rings. The molecule has 0 heterocycles. The third-order valence-electron chi connectivity index (χ3n) is 3.97. The molecule has 0 aromatic heterocycles. The summed E-state index contributed by atoms with van der Waals surface area (Å²) in [6.07, 6.45) is -1.20. The van der Waals surface area contributed by atoms with Gasteiger partial charge in [0, 0.05) is 43.9 Å². The third kappa shape index (κ3) is 6.13. The van der Waals surface area contributed by atoms with Crippen LogP contribution in [0.5, 0.6) is 0 Å². The molecule has 0 unspecified atom stereocenters. The monoisotopic (exact) mass is 399 g/mol. The van der Waals surface area contributed by atoms with E-state index < -0.39 is 22.9 Å². The van der Waals surface area contributed by atoms with Gasteiger partial charge >= 0.3 is 5.97 Å². The topological polar surface area (TPSA) is 119 Å². The minimum atomic E-state index is -1.07. The van der Waals surface area contributed by atoms with Crippen molar-refractivity contribution in [3.05, 3.63) is 75.8 Å². The van der Waals surface area contributed by atoms with Gasteiger partial charge in [0.1, 0.15) is 0 Å². The first-order valence-corrected chi connectivity index (χ1v) is 8.78. The van der Waals surface area contributed by atoms with Crippen LogP contribution in [0.2, 0.25) is 0 Å². The summed E-state index contributed by atoms with van der Waals surface area (Å²) in [6.45, 7) is -0.00762. The van der Waals surface area contributed by atoms with Gasteiger partial charge in [-0.05, 0) is 12.1 Å². The molecule has 9 heteroatoms. The summed E-state index contributed by atoms with van der Waals surface area (Å²) in [4.78, 5) is 48.0. The second kappa shape index (κ2) is 9.98. The molecule has 2 aromatic rings. The molecule has 0 saturated heterocycles. The molecule has 1 N–H and O–H groups in total. The largest absolute Gasteiger partial charge is 0.447 e. The Hall–Kier alpha value is -3.75. The number of benzene rings is 2. The van der Waals surface area contributed by atoms with E-state index >= 15 is 0 Å². The lowest BCUT2D eigenvalue weighted by molar-refractivity contribution is -0.384. The number of nitrogens with one attached hydrogen (secondary N) is 1. The van der Waals surface area contributed by atoms with Gasteiger partial charge in [-0.2, -0.15) is 0 Å². The zero-order valence-corrected chi connectivity index (χ0v) is 16.0. The van der Waals surface area contributed by atoms with Crippen LogP contribution in [-0.4, -0.2) is 48.2 Å². The number of nitro groups is 1. The smallest absolute Gasteiger partial charge is 0.308 e. The van der Waals surface area contributed by atoms with Crippen molar-refractivity contribution in [2.75, 3.05) is 20.6 Å². The highest BCUT2D eigenvalue weighted by Gasteiger charge is 2.26. The second-order valence-corrected chi connectivity index (χ2v) is 6.32. The Bertz CT molecular complexity index is 881. The fourth-order valence-corrected chi connectivity index (χ4v) is 2.43. The zero-order chi connectivity index (χ0) is 21.4. The number of nitrogens with zero attached hydrogens (tertiary/aromatic N) is 2. The van der Waals surface area contributed by atoms with E-state index in [0.29, 0.717) is 5.56 Å². The predicted molar refractivity (Wildman–Crippen MR) is 104 cm³/mol. The Balaban J connectivity index is 1.91. The minimum Gasteiger partial charge on any atom is -0.447 e. The van der Waals surface area contributed by atoms with Crippen LogP contribution in [0.3, 0.4) is 0 Å². The third-order valence-corrected chi connectivity index (χ3v) is 3.97. The lowest BCUT2D eigenvalue weighted by Crippen LogP contribution is -2.32. The second-order valence-electron chi connectivity index (χ2n) is 6.32. The highest BCUT2D eigenvalue weighted by atomic mass is 16.6. The maximum absolute atomic E-state index is 12.4. The molecule has 0 fully saturated rings. The van der Waals surface area contributed by atoms with Crippen molar-refractivity contribution in [3.63, 3.8) is 0 Å². The molecule has 0 bridgehead atoms. The van der Waals surface area contributed by atoms with Gasteiger partial charge < -0.3 is 15.0 Å². The predicted octanol–water partition coefficient (Wildman–Crippen LogP) is 2.09.